The molecule has 0 aromatic heterocycles. The molecule has 0 spiro atoms. The minimum atomic E-state index is -0.942. The molecule has 1 unspecified atom stereocenters. The minimum absolute atomic E-state index is 0.507. The van der Waals surface area contributed by atoms with Crippen molar-refractivity contribution >= 4 is 16.5 Å². The molecular weight excluding hydrogens is 266 g/mol. The maximum atomic E-state index is 12.3. The van der Waals surface area contributed by atoms with Crippen molar-refractivity contribution in [3.05, 3.63) is 59.7 Å². The van der Waals surface area contributed by atoms with E-state index in [2.05, 4.69) is 26.0 Å². The summed E-state index contributed by atoms with van der Waals surface area (Å²) in [6.45, 7) is 4.32. The Labute approximate surface area is 123 Å². The van der Waals surface area contributed by atoms with Crippen LogP contribution >= 0.6 is 0 Å². The molecule has 2 nitrogen and oxygen atoms in total. The summed E-state index contributed by atoms with van der Waals surface area (Å²) in [6.07, 6.45) is 0.804. The number of anilines is 1. The molecule has 0 aliphatic carbocycles. The molecule has 2 N–H and O–H groups in total. The van der Waals surface area contributed by atoms with Gasteiger partial charge in [-0.15, -0.1) is 0 Å². The zero-order chi connectivity index (χ0) is 14.5. The van der Waals surface area contributed by atoms with Gasteiger partial charge in [0.15, 0.2) is 0 Å². The molecule has 1 atom stereocenters. The highest BCUT2D eigenvalue weighted by atomic mass is 32.2. The van der Waals surface area contributed by atoms with Crippen molar-refractivity contribution in [1.82, 2.24) is 0 Å². The monoisotopic (exact) mass is 287 g/mol. The zero-order valence-corrected chi connectivity index (χ0v) is 12.8. The lowest BCUT2D eigenvalue weighted by atomic mass is 10.0. The molecule has 0 saturated carbocycles. The maximum absolute atomic E-state index is 12.3. The molecule has 0 radical (unpaired) electrons. The fraction of sp³-hybridized carbons (Fsp3) is 0.294. The van der Waals surface area contributed by atoms with E-state index in [0.29, 0.717) is 11.7 Å². The lowest BCUT2D eigenvalue weighted by Gasteiger charge is -2.07. The average Bonchev–Trinajstić information content (AvgIpc) is 2.46. The molecule has 0 fully saturated rings. The highest BCUT2D eigenvalue weighted by molar-refractivity contribution is 7.85. The molecule has 106 valence electrons. The minimum Gasteiger partial charge on any atom is -0.399 e. The molecular formula is C17H21NOS. The van der Waals surface area contributed by atoms with Crippen molar-refractivity contribution in [3.8, 4) is 0 Å². The van der Waals surface area contributed by atoms with Crippen LogP contribution in [0, 0.1) is 0 Å². The van der Waals surface area contributed by atoms with Gasteiger partial charge < -0.3 is 5.73 Å². The van der Waals surface area contributed by atoms with Crippen LogP contribution in [-0.2, 0) is 17.2 Å². The lowest BCUT2D eigenvalue weighted by Crippen LogP contribution is -2.02. The molecule has 0 heterocycles. The van der Waals surface area contributed by atoms with E-state index >= 15 is 0 Å². The fourth-order valence-electron chi connectivity index (χ4n) is 2.02. The van der Waals surface area contributed by atoms with Crippen LogP contribution in [-0.4, -0.2) is 9.96 Å². The van der Waals surface area contributed by atoms with Crippen molar-refractivity contribution in [2.45, 2.75) is 31.1 Å². The number of rotatable bonds is 5. The molecule has 2 aromatic carbocycles. The molecule has 0 amide bonds. The molecule has 0 saturated heterocycles. The zero-order valence-electron chi connectivity index (χ0n) is 12.0. The third kappa shape index (κ3) is 3.94. The Morgan fingerprint density at radius 2 is 1.60 bits per heavy atom. The van der Waals surface area contributed by atoms with Gasteiger partial charge >= 0.3 is 0 Å². The van der Waals surface area contributed by atoms with Gasteiger partial charge in [0.25, 0.3) is 0 Å². The standard InChI is InChI=1S/C17H21NOS/c1-13(2)15-5-9-17(10-6-15)20(19)12-11-14-3-7-16(18)8-4-14/h3-10,13H,11-12,18H2,1-2H3. The van der Waals surface area contributed by atoms with Crippen LogP contribution in [0.2, 0.25) is 0 Å². The van der Waals surface area contributed by atoms with E-state index in [9.17, 15) is 4.21 Å². The van der Waals surface area contributed by atoms with Crippen molar-refractivity contribution in [1.29, 1.82) is 0 Å². The van der Waals surface area contributed by atoms with E-state index in [4.69, 9.17) is 5.73 Å². The summed E-state index contributed by atoms with van der Waals surface area (Å²) in [4.78, 5) is 0.907. The number of hydrogen-bond donors (Lipinski definition) is 1. The first-order chi connectivity index (χ1) is 9.56. The summed E-state index contributed by atoms with van der Waals surface area (Å²) < 4.78 is 12.3. The van der Waals surface area contributed by atoms with Gasteiger partial charge in [-0.3, -0.25) is 4.21 Å². The first-order valence-electron chi connectivity index (χ1n) is 6.89. The number of aryl methyl sites for hydroxylation is 1. The molecule has 2 rings (SSSR count). The molecule has 0 bridgehead atoms. The molecule has 2 aromatic rings. The number of benzene rings is 2. The third-order valence-corrected chi connectivity index (χ3v) is 4.74. The Kier molecular flexibility index (Phi) is 4.96. The van der Waals surface area contributed by atoms with Gasteiger partial charge in [0.1, 0.15) is 0 Å². The second-order valence-corrected chi connectivity index (χ2v) is 6.84. The van der Waals surface area contributed by atoms with Crippen molar-refractivity contribution < 1.29 is 4.21 Å². The highest BCUT2D eigenvalue weighted by Gasteiger charge is 2.05. The Bertz CT molecular complexity index is 573. The quantitative estimate of drug-likeness (QED) is 0.851. The molecule has 20 heavy (non-hydrogen) atoms. The number of hydrogen-bond acceptors (Lipinski definition) is 2. The first-order valence-corrected chi connectivity index (χ1v) is 8.21. The smallest absolute Gasteiger partial charge is 0.0532 e. The van der Waals surface area contributed by atoms with E-state index in [1.54, 1.807) is 0 Å². The van der Waals surface area contributed by atoms with Crippen LogP contribution < -0.4 is 5.73 Å². The van der Waals surface area contributed by atoms with Gasteiger partial charge in [0.05, 0.1) is 10.8 Å². The average molecular weight is 287 g/mol. The Morgan fingerprint density at radius 3 is 2.15 bits per heavy atom. The predicted octanol–water partition coefficient (Wildman–Crippen LogP) is 3.74. The van der Waals surface area contributed by atoms with Crippen molar-refractivity contribution in [2.24, 2.45) is 0 Å². The lowest BCUT2D eigenvalue weighted by molar-refractivity contribution is 0.682. The van der Waals surface area contributed by atoms with Gasteiger partial charge in [0, 0.05) is 16.3 Å². The molecule has 3 heteroatoms. The number of nitrogens with two attached hydrogens (primary N) is 1. The second-order valence-electron chi connectivity index (χ2n) is 5.26. The summed E-state index contributed by atoms with van der Waals surface area (Å²) in [7, 11) is -0.942. The maximum Gasteiger partial charge on any atom is 0.0532 e. The third-order valence-electron chi connectivity index (χ3n) is 3.37. The van der Waals surface area contributed by atoms with E-state index in [0.717, 1.165) is 17.0 Å². The van der Waals surface area contributed by atoms with Crippen LogP contribution in [0.1, 0.15) is 30.9 Å². The Hall–Kier alpha value is -1.61. The van der Waals surface area contributed by atoms with E-state index in [1.807, 2.05) is 36.4 Å². The Morgan fingerprint density at radius 1 is 1.00 bits per heavy atom. The van der Waals surface area contributed by atoms with Crippen LogP contribution in [0.5, 0.6) is 0 Å². The predicted molar refractivity (Wildman–Crippen MR) is 86.4 cm³/mol. The second kappa shape index (κ2) is 6.71. The summed E-state index contributed by atoms with van der Waals surface area (Å²) in [5, 5.41) is 0. The summed E-state index contributed by atoms with van der Waals surface area (Å²) in [5.41, 5.74) is 8.87. The van der Waals surface area contributed by atoms with Crippen LogP contribution in [0.15, 0.2) is 53.4 Å². The molecule has 0 aliphatic rings. The summed E-state index contributed by atoms with van der Waals surface area (Å²) in [5.74, 6) is 1.15. The van der Waals surface area contributed by atoms with E-state index < -0.39 is 10.8 Å². The van der Waals surface area contributed by atoms with Crippen molar-refractivity contribution in [2.75, 3.05) is 11.5 Å². The summed E-state index contributed by atoms with van der Waals surface area (Å²) >= 11 is 0. The van der Waals surface area contributed by atoms with E-state index in [1.165, 1.54) is 11.1 Å². The van der Waals surface area contributed by atoms with Crippen LogP contribution in [0.25, 0.3) is 0 Å². The van der Waals surface area contributed by atoms with Gasteiger partial charge in [0.2, 0.25) is 0 Å². The fourth-order valence-corrected chi connectivity index (χ4v) is 3.11. The molecule has 0 aliphatic heterocycles. The van der Waals surface area contributed by atoms with Gasteiger partial charge in [-0.05, 0) is 47.7 Å². The van der Waals surface area contributed by atoms with Gasteiger partial charge in [-0.2, -0.15) is 0 Å². The van der Waals surface area contributed by atoms with Crippen molar-refractivity contribution in [3.63, 3.8) is 0 Å². The first kappa shape index (κ1) is 14.8. The van der Waals surface area contributed by atoms with Gasteiger partial charge in [-0.1, -0.05) is 38.1 Å². The van der Waals surface area contributed by atoms with Crippen LogP contribution in [0.4, 0.5) is 5.69 Å². The van der Waals surface area contributed by atoms with Gasteiger partial charge in [-0.25, -0.2) is 0 Å². The SMILES string of the molecule is CC(C)c1ccc(S(=O)CCc2ccc(N)cc2)cc1. The normalized spacial score (nSPS) is 12.6. The largest absolute Gasteiger partial charge is 0.399 e. The summed E-state index contributed by atoms with van der Waals surface area (Å²) in [6, 6.07) is 15.9. The van der Waals surface area contributed by atoms with E-state index in [-0.39, 0.29) is 0 Å². The van der Waals surface area contributed by atoms with Crippen LogP contribution in [0.3, 0.4) is 0 Å². The number of nitrogen functional groups attached to an aromatic ring is 1. The topological polar surface area (TPSA) is 43.1 Å². The Balaban J connectivity index is 1.96. The highest BCUT2D eigenvalue weighted by Crippen LogP contribution is 2.17.